The van der Waals surface area contributed by atoms with Crippen LogP contribution in [0.1, 0.15) is 70.9 Å². The Morgan fingerprint density at radius 1 is 1.13 bits per heavy atom. The second kappa shape index (κ2) is 14.7. The van der Waals surface area contributed by atoms with Crippen molar-refractivity contribution in [2.75, 3.05) is 13.1 Å². The lowest BCUT2D eigenvalue weighted by molar-refractivity contribution is -0.141. The molecule has 18 heteroatoms. The summed E-state index contributed by atoms with van der Waals surface area (Å²) in [5, 5.41) is 6.89. The summed E-state index contributed by atoms with van der Waals surface area (Å²) in [4.78, 5) is 82.2. The van der Waals surface area contributed by atoms with Crippen molar-refractivity contribution in [3.8, 4) is 0 Å². The van der Waals surface area contributed by atoms with Crippen LogP contribution in [0.15, 0.2) is 30.9 Å². The van der Waals surface area contributed by atoms with Crippen molar-refractivity contribution in [3.05, 3.63) is 47.8 Å². The van der Waals surface area contributed by atoms with E-state index in [4.69, 9.17) is 9.47 Å². The summed E-state index contributed by atoms with van der Waals surface area (Å²) >= 11 is 0. The number of halogens is 1. The van der Waals surface area contributed by atoms with Gasteiger partial charge in [-0.1, -0.05) is 32.1 Å². The minimum atomic E-state index is -3.94. The molecule has 0 radical (unpaired) electrons. The number of ether oxygens (including phenoxy) is 2. The number of nitrogens with one attached hydrogen (secondary N) is 4. The third-order valence-electron chi connectivity index (χ3n) is 9.50. The number of alkyl carbamates (subject to hydrolysis) is 1. The van der Waals surface area contributed by atoms with Crippen LogP contribution in [0.4, 0.5) is 14.0 Å². The molecular formula is C34H45FN6O10S. The zero-order chi connectivity index (χ0) is 38.2. The van der Waals surface area contributed by atoms with E-state index in [1.54, 1.807) is 33.8 Å². The van der Waals surface area contributed by atoms with Crippen molar-refractivity contribution in [1.29, 1.82) is 0 Å². The molecule has 1 aromatic rings. The zero-order valence-corrected chi connectivity index (χ0v) is 30.3. The summed E-state index contributed by atoms with van der Waals surface area (Å²) in [5.74, 6) is -4.05. The minimum absolute atomic E-state index is 0.0508. The van der Waals surface area contributed by atoms with E-state index in [0.29, 0.717) is 30.4 Å². The molecule has 0 spiro atoms. The Kier molecular flexibility index (Phi) is 10.9. The number of carbonyl (C=O) groups excluding carboxylic acids is 6. The maximum Gasteiger partial charge on any atom is 0.410 e. The average Bonchev–Trinajstić information content (AvgIpc) is 3.96. The lowest BCUT2D eigenvalue weighted by Gasteiger charge is -2.30. The van der Waals surface area contributed by atoms with Gasteiger partial charge in [0, 0.05) is 25.1 Å². The molecule has 5 unspecified atom stereocenters. The topological polar surface area (TPSA) is 210 Å². The second-order valence-electron chi connectivity index (χ2n) is 14.6. The predicted octanol–water partition coefficient (Wildman–Crippen LogP) is 1.34. The molecule has 0 bridgehead atoms. The van der Waals surface area contributed by atoms with Gasteiger partial charge >= 0.3 is 12.2 Å². The highest BCUT2D eigenvalue weighted by atomic mass is 32.2. The summed E-state index contributed by atoms with van der Waals surface area (Å²) in [6.07, 6.45) is -0.697. The first-order valence-corrected chi connectivity index (χ1v) is 18.7. The maximum atomic E-state index is 14.4. The lowest BCUT2D eigenvalue weighted by atomic mass is 10.1. The molecule has 16 nitrogen and oxygen atoms in total. The van der Waals surface area contributed by atoms with E-state index >= 15 is 0 Å². The number of likely N-dealkylation sites (tertiary alicyclic amines) is 1. The molecular weight excluding hydrogens is 703 g/mol. The summed E-state index contributed by atoms with van der Waals surface area (Å²) in [6.45, 7) is 9.27. The Labute approximate surface area is 301 Å². The molecule has 52 heavy (non-hydrogen) atoms. The summed E-state index contributed by atoms with van der Waals surface area (Å²) in [6, 6.07) is 1.68. The Bertz CT molecular complexity index is 1760. The Balaban J connectivity index is 1.38. The molecule has 3 fully saturated rings. The van der Waals surface area contributed by atoms with Crippen molar-refractivity contribution in [2.24, 2.45) is 5.92 Å². The minimum Gasteiger partial charge on any atom is -0.444 e. The van der Waals surface area contributed by atoms with Gasteiger partial charge in [-0.3, -0.25) is 28.8 Å². The highest BCUT2D eigenvalue weighted by Crippen LogP contribution is 2.47. The van der Waals surface area contributed by atoms with Gasteiger partial charge in [0.25, 0.3) is 5.91 Å². The molecule has 4 aliphatic rings. The number of benzene rings is 1. The number of hydrogen-bond donors (Lipinski definition) is 4. The van der Waals surface area contributed by atoms with Gasteiger partial charge in [-0.15, -0.1) is 0 Å². The number of hydrogen-bond acceptors (Lipinski definition) is 10. The van der Waals surface area contributed by atoms with E-state index in [1.807, 2.05) is 0 Å². The van der Waals surface area contributed by atoms with Gasteiger partial charge in [0.05, 0.1) is 18.3 Å². The highest BCUT2D eigenvalue weighted by Gasteiger charge is 2.62. The quantitative estimate of drug-likeness (QED) is 0.226. The fourth-order valence-corrected chi connectivity index (χ4v) is 7.89. The van der Waals surface area contributed by atoms with E-state index < -0.39 is 98.7 Å². The normalized spacial score (nSPS) is 24.2. The molecule has 1 aromatic carbocycles. The first kappa shape index (κ1) is 38.5. The number of amides is 6. The van der Waals surface area contributed by atoms with Crippen LogP contribution in [0.3, 0.4) is 0 Å². The van der Waals surface area contributed by atoms with Crippen LogP contribution in [0.5, 0.6) is 0 Å². The van der Waals surface area contributed by atoms with Crippen LogP contribution < -0.4 is 20.7 Å². The molecule has 5 rings (SSSR count). The molecule has 2 aliphatic carbocycles. The van der Waals surface area contributed by atoms with Gasteiger partial charge in [-0.05, 0) is 63.7 Å². The van der Waals surface area contributed by atoms with Crippen LogP contribution in [-0.4, -0.2) is 102 Å². The fourth-order valence-electron chi connectivity index (χ4n) is 6.52. The number of fused-ring (bicyclic) bond motifs is 1. The number of carbonyl (C=O) groups is 6. The zero-order valence-electron chi connectivity index (χ0n) is 29.5. The van der Waals surface area contributed by atoms with Gasteiger partial charge in [-0.2, -0.15) is 0 Å². The van der Waals surface area contributed by atoms with Crippen LogP contribution in [0.2, 0.25) is 0 Å². The summed E-state index contributed by atoms with van der Waals surface area (Å²) < 4.78 is 52.8. The van der Waals surface area contributed by atoms with Gasteiger partial charge in [0.2, 0.25) is 27.7 Å². The van der Waals surface area contributed by atoms with Crippen molar-refractivity contribution < 1.29 is 51.0 Å². The van der Waals surface area contributed by atoms with Crippen LogP contribution in [0.25, 0.3) is 0 Å². The van der Waals surface area contributed by atoms with Crippen LogP contribution in [-0.2, 0) is 51.8 Å². The van der Waals surface area contributed by atoms with E-state index in [0.717, 1.165) is 11.0 Å². The molecule has 284 valence electrons. The van der Waals surface area contributed by atoms with Gasteiger partial charge in [0.1, 0.15) is 35.1 Å². The van der Waals surface area contributed by atoms with Gasteiger partial charge in [0.15, 0.2) is 0 Å². The van der Waals surface area contributed by atoms with Crippen LogP contribution in [0, 0.1) is 11.7 Å². The van der Waals surface area contributed by atoms with Crippen molar-refractivity contribution >= 4 is 45.8 Å². The van der Waals surface area contributed by atoms with Crippen molar-refractivity contribution in [2.45, 2.75) is 107 Å². The van der Waals surface area contributed by atoms with E-state index in [1.165, 1.54) is 17.0 Å². The van der Waals surface area contributed by atoms with Gasteiger partial charge < -0.3 is 30.3 Å². The van der Waals surface area contributed by atoms with E-state index in [-0.39, 0.29) is 32.5 Å². The van der Waals surface area contributed by atoms with E-state index in [9.17, 15) is 41.6 Å². The highest BCUT2D eigenvalue weighted by molar-refractivity contribution is 7.91. The number of rotatable bonds is 12. The molecule has 2 heterocycles. The van der Waals surface area contributed by atoms with Gasteiger partial charge in [-0.25, -0.2) is 22.4 Å². The lowest BCUT2D eigenvalue weighted by Crippen LogP contribution is -2.59. The summed E-state index contributed by atoms with van der Waals surface area (Å²) in [5.41, 5.74) is -1.55. The molecule has 2 saturated carbocycles. The van der Waals surface area contributed by atoms with E-state index in [2.05, 4.69) is 27.3 Å². The smallest absolute Gasteiger partial charge is 0.410 e. The Morgan fingerprint density at radius 2 is 1.85 bits per heavy atom. The van der Waals surface area contributed by atoms with Crippen molar-refractivity contribution in [1.82, 2.24) is 30.5 Å². The largest absolute Gasteiger partial charge is 0.444 e. The SMILES string of the molecule is C=CC(=O)NCC(NC(=O)OC(C)(C)C)C(=O)N1CC(OC(=O)N2Cc3cccc(F)c3C2)CC1C(=O)NC1(C(=O)NS(=O)(=O)C2CC2)CC1CC. The molecule has 1 saturated heterocycles. The first-order valence-electron chi connectivity index (χ1n) is 17.2. The van der Waals surface area contributed by atoms with Crippen molar-refractivity contribution in [3.63, 3.8) is 0 Å². The maximum absolute atomic E-state index is 14.4. The van der Waals surface area contributed by atoms with Crippen LogP contribution >= 0.6 is 0 Å². The Hall–Kier alpha value is -4.74. The number of sulfonamides is 1. The molecule has 5 atom stereocenters. The first-order chi connectivity index (χ1) is 24.4. The predicted molar refractivity (Wildman–Crippen MR) is 182 cm³/mol. The number of nitrogens with zero attached hydrogens (tertiary/aromatic N) is 2. The Morgan fingerprint density at radius 3 is 2.44 bits per heavy atom. The fraction of sp³-hybridized carbons (Fsp3) is 0.588. The monoisotopic (exact) mass is 748 g/mol. The molecule has 6 amide bonds. The third-order valence-corrected chi connectivity index (χ3v) is 11.3. The molecule has 0 aromatic heterocycles. The molecule has 2 aliphatic heterocycles. The summed E-state index contributed by atoms with van der Waals surface area (Å²) in [7, 11) is -3.94. The average molecular weight is 749 g/mol. The standard InChI is InChI=1S/C34H45FN6O10S/c1-6-20-14-34(20,30(45)39-52(48,49)22-11-12-22)38-28(43)26-13-21(50-32(47)40-16-19-9-8-10-24(35)23(19)18-40)17-41(26)29(44)25(15-36-27(42)7-2)37-31(46)51-33(3,4)5/h7-10,20-22,25-26H,2,6,11-18H2,1,3-5H3,(H,36,42)(H,37,46)(H,38,43)(H,39,45). The molecule has 4 N–H and O–H groups in total. The second-order valence-corrected chi connectivity index (χ2v) is 16.5. The third kappa shape index (κ3) is 8.65.